The van der Waals surface area contributed by atoms with Crippen LogP contribution in [0.25, 0.3) is 0 Å². The summed E-state index contributed by atoms with van der Waals surface area (Å²) in [6, 6.07) is 13.6. The van der Waals surface area contributed by atoms with Gasteiger partial charge in [-0.1, -0.05) is 25.1 Å². The van der Waals surface area contributed by atoms with E-state index in [2.05, 4.69) is 41.4 Å². The molecule has 0 saturated heterocycles. The summed E-state index contributed by atoms with van der Waals surface area (Å²) in [6.45, 7) is 4.81. The standard InChI is InChI=1S/C18H23FN2/c1-5-20-18(15-10-13(2)11-16(19)12-15)14-6-8-17(9-7-14)21(3)4/h6-12,18,20H,5H2,1-4H3. The highest BCUT2D eigenvalue weighted by atomic mass is 19.1. The summed E-state index contributed by atoms with van der Waals surface area (Å²) in [7, 11) is 4.04. The molecule has 1 N–H and O–H groups in total. The molecule has 2 rings (SSSR count). The molecule has 0 aliphatic heterocycles. The predicted octanol–water partition coefficient (Wildman–Crippen LogP) is 3.90. The van der Waals surface area contributed by atoms with Crippen LogP contribution in [-0.4, -0.2) is 20.6 Å². The van der Waals surface area contributed by atoms with Crippen LogP contribution in [0.2, 0.25) is 0 Å². The van der Waals surface area contributed by atoms with Crippen molar-refractivity contribution in [2.75, 3.05) is 25.5 Å². The lowest BCUT2D eigenvalue weighted by atomic mass is 9.97. The summed E-state index contributed by atoms with van der Waals surface area (Å²) in [6.07, 6.45) is 0. The molecule has 112 valence electrons. The molecule has 3 heteroatoms. The van der Waals surface area contributed by atoms with E-state index in [9.17, 15) is 4.39 Å². The molecule has 0 heterocycles. The molecule has 0 fully saturated rings. The van der Waals surface area contributed by atoms with Crippen LogP contribution in [-0.2, 0) is 0 Å². The molecule has 0 aliphatic carbocycles. The Balaban J connectivity index is 2.38. The second kappa shape index (κ2) is 6.72. The second-order valence-corrected chi connectivity index (χ2v) is 5.54. The van der Waals surface area contributed by atoms with E-state index in [0.717, 1.165) is 28.9 Å². The van der Waals surface area contributed by atoms with E-state index in [1.165, 1.54) is 0 Å². The smallest absolute Gasteiger partial charge is 0.123 e. The van der Waals surface area contributed by atoms with E-state index >= 15 is 0 Å². The van der Waals surface area contributed by atoms with E-state index < -0.39 is 0 Å². The lowest BCUT2D eigenvalue weighted by Gasteiger charge is -2.21. The van der Waals surface area contributed by atoms with Crippen LogP contribution in [0.1, 0.15) is 29.7 Å². The van der Waals surface area contributed by atoms with Gasteiger partial charge in [0.25, 0.3) is 0 Å². The Kier molecular flexibility index (Phi) is 4.97. The average Bonchev–Trinajstić information content (AvgIpc) is 2.44. The lowest BCUT2D eigenvalue weighted by molar-refractivity contribution is 0.602. The van der Waals surface area contributed by atoms with E-state index in [1.54, 1.807) is 12.1 Å². The maximum absolute atomic E-state index is 13.7. The number of nitrogens with one attached hydrogen (secondary N) is 1. The highest BCUT2D eigenvalue weighted by Crippen LogP contribution is 2.25. The number of rotatable bonds is 5. The van der Waals surface area contributed by atoms with Crippen molar-refractivity contribution in [3.8, 4) is 0 Å². The average molecular weight is 286 g/mol. The fraction of sp³-hybridized carbons (Fsp3) is 0.333. The van der Waals surface area contributed by atoms with E-state index in [-0.39, 0.29) is 11.9 Å². The first-order valence-corrected chi connectivity index (χ1v) is 7.29. The highest BCUT2D eigenvalue weighted by Gasteiger charge is 2.14. The molecule has 0 bridgehead atoms. The number of aryl methyl sites for hydroxylation is 1. The Bertz CT molecular complexity index is 570. The SMILES string of the molecule is CCNC(c1ccc(N(C)C)cc1)c1cc(C)cc(F)c1. The molecule has 2 nitrogen and oxygen atoms in total. The van der Waals surface area contributed by atoms with Crippen molar-refractivity contribution in [3.63, 3.8) is 0 Å². The van der Waals surface area contributed by atoms with Gasteiger partial charge in [0.2, 0.25) is 0 Å². The zero-order valence-corrected chi connectivity index (χ0v) is 13.2. The molecule has 0 spiro atoms. The van der Waals surface area contributed by atoms with Gasteiger partial charge in [-0.15, -0.1) is 0 Å². The van der Waals surface area contributed by atoms with E-state index in [1.807, 2.05) is 27.1 Å². The van der Waals surface area contributed by atoms with Crippen LogP contribution in [0.5, 0.6) is 0 Å². The third-order valence-electron chi connectivity index (χ3n) is 3.55. The van der Waals surface area contributed by atoms with Crippen molar-refractivity contribution in [2.45, 2.75) is 19.9 Å². The van der Waals surface area contributed by atoms with Crippen LogP contribution in [0.4, 0.5) is 10.1 Å². The van der Waals surface area contributed by atoms with Crippen LogP contribution < -0.4 is 10.2 Å². The second-order valence-electron chi connectivity index (χ2n) is 5.54. The molecule has 0 amide bonds. The first-order chi connectivity index (χ1) is 10.0. The molecule has 1 atom stereocenters. The van der Waals surface area contributed by atoms with Gasteiger partial charge < -0.3 is 10.2 Å². The third-order valence-corrected chi connectivity index (χ3v) is 3.55. The Morgan fingerprint density at radius 2 is 1.71 bits per heavy atom. The number of hydrogen-bond donors (Lipinski definition) is 1. The van der Waals surface area contributed by atoms with Gasteiger partial charge >= 0.3 is 0 Å². The first-order valence-electron chi connectivity index (χ1n) is 7.29. The molecule has 2 aromatic rings. The fourth-order valence-electron chi connectivity index (χ4n) is 2.53. The van der Waals surface area contributed by atoms with Gasteiger partial charge in [-0.3, -0.25) is 0 Å². The molecule has 0 radical (unpaired) electrons. The molecule has 1 unspecified atom stereocenters. The van der Waals surface area contributed by atoms with Gasteiger partial charge in [0.05, 0.1) is 6.04 Å². The summed E-state index contributed by atoms with van der Waals surface area (Å²) in [5.41, 5.74) is 4.21. The number of halogens is 1. The Morgan fingerprint density at radius 1 is 1.05 bits per heavy atom. The van der Waals surface area contributed by atoms with Gasteiger partial charge in [0.1, 0.15) is 5.82 Å². The van der Waals surface area contributed by atoms with Crippen molar-refractivity contribution in [2.24, 2.45) is 0 Å². The summed E-state index contributed by atoms with van der Waals surface area (Å²) in [4.78, 5) is 2.07. The molecule has 0 saturated carbocycles. The predicted molar refractivity (Wildman–Crippen MR) is 87.4 cm³/mol. The van der Waals surface area contributed by atoms with Crippen molar-refractivity contribution in [1.82, 2.24) is 5.32 Å². The number of hydrogen-bond acceptors (Lipinski definition) is 2. The monoisotopic (exact) mass is 286 g/mol. The van der Waals surface area contributed by atoms with Gasteiger partial charge in [0.15, 0.2) is 0 Å². The number of nitrogens with zero attached hydrogens (tertiary/aromatic N) is 1. The first kappa shape index (κ1) is 15.5. The van der Waals surface area contributed by atoms with Gasteiger partial charge in [-0.2, -0.15) is 0 Å². The summed E-state index contributed by atoms with van der Waals surface area (Å²) >= 11 is 0. The zero-order valence-electron chi connectivity index (χ0n) is 13.2. The number of benzene rings is 2. The normalized spacial score (nSPS) is 12.2. The minimum Gasteiger partial charge on any atom is -0.378 e. The summed E-state index contributed by atoms with van der Waals surface area (Å²) < 4.78 is 13.7. The van der Waals surface area contributed by atoms with Gasteiger partial charge in [0, 0.05) is 19.8 Å². The molecule has 2 aromatic carbocycles. The largest absolute Gasteiger partial charge is 0.378 e. The maximum atomic E-state index is 13.7. The van der Waals surface area contributed by atoms with Gasteiger partial charge in [-0.25, -0.2) is 4.39 Å². The van der Waals surface area contributed by atoms with Gasteiger partial charge in [-0.05, 0) is 54.4 Å². The van der Waals surface area contributed by atoms with Crippen molar-refractivity contribution >= 4 is 5.69 Å². The van der Waals surface area contributed by atoms with Crippen LogP contribution in [0.15, 0.2) is 42.5 Å². The minimum atomic E-state index is -0.183. The topological polar surface area (TPSA) is 15.3 Å². The summed E-state index contributed by atoms with van der Waals surface area (Å²) in [5, 5.41) is 3.44. The third kappa shape index (κ3) is 3.82. The molecule has 0 aromatic heterocycles. The maximum Gasteiger partial charge on any atom is 0.123 e. The molecule has 0 aliphatic rings. The van der Waals surface area contributed by atoms with Crippen molar-refractivity contribution in [3.05, 3.63) is 65.0 Å². The molecular weight excluding hydrogens is 263 g/mol. The molecular formula is C18H23FN2. The van der Waals surface area contributed by atoms with Crippen LogP contribution >= 0.6 is 0 Å². The van der Waals surface area contributed by atoms with E-state index in [0.29, 0.717) is 0 Å². The quantitative estimate of drug-likeness (QED) is 0.897. The Hall–Kier alpha value is -1.87. The molecule has 21 heavy (non-hydrogen) atoms. The summed E-state index contributed by atoms with van der Waals surface area (Å²) in [5.74, 6) is -0.183. The highest BCUT2D eigenvalue weighted by molar-refractivity contribution is 5.48. The van der Waals surface area contributed by atoms with Crippen molar-refractivity contribution in [1.29, 1.82) is 0 Å². The lowest BCUT2D eigenvalue weighted by Crippen LogP contribution is -2.22. The zero-order chi connectivity index (χ0) is 15.4. The number of anilines is 1. The fourth-order valence-corrected chi connectivity index (χ4v) is 2.53. The Morgan fingerprint density at radius 3 is 2.24 bits per heavy atom. The van der Waals surface area contributed by atoms with E-state index in [4.69, 9.17) is 0 Å². The minimum absolute atomic E-state index is 0.0145. The van der Waals surface area contributed by atoms with Crippen molar-refractivity contribution < 1.29 is 4.39 Å². The Labute approximate surface area is 126 Å². The van der Waals surface area contributed by atoms with Crippen LogP contribution in [0.3, 0.4) is 0 Å². The van der Waals surface area contributed by atoms with Crippen LogP contribution in [0, 0.1) is 12.7 Å².